The summed E-state index contributed by atoms with van der Waals surface area (Å²) in [6.45, 7) is 0.466. The Morgan fingerprint density at radius 2 is 2.00 bits per heavy atom. The second kappa shape index (κ2) is 9.01. The number of methoxy groups -OCH3 is 2. The fourth-order valence-electron chi connectivity index (χ4n) is 2.47. The summed E-state index contributed by atoms with van der Waals surface area (Å²) in [7, 11) is 2.94. The van der Waals surface area contributed by atoms with E-state index in [0.29, 0.717) is 34.6 Å². The number of halogens is 1. The Morgan fingerprint density at radius 1 is 1.18 bits per heavy atom. The SMILES string of the molecule is COC(=O)c1ccc(Cl)c(Nc2cnnc(NCc3ccccc3OC)n2)c1. The van der Waals surface area contributed by atoms with Crippen molar-refractivity contribution in [1.82, 2.24) is 15.2 Å². The molecule has 0 saturated heterocycles. The number of carbonyl (C=O) groups is 1. The van der Waals surface area contributed by atoms with Gasteiger partial charge in [0.05, 0.1) is 36.7 Å². The van der Waals surface area contributed by atoms with Crippen LogP contribution in [0.15, 0.2) is 48.7 Å². The van der Waals surface area contributed by atoms with Crippen LogP contribution >= 0.6 is 11.6 Å². The van der Waals surface area contributed by atoms with Gasteiger partial charge in [-0.05, 0) is 24.3 Å². The number of carbonyl (C=O) groups excluding carboxylic acids is 1. The van der Waals surface area contributed by atoms with Gasteiger partial charge in [0.15, 0.2) is 5.82 Å². The van der Waals surface area contributed by atoms with Crippen LogP contribution in [-0.2, 0) is 11.3 Å². The second-order valence-electron chi connectivity index (χ2n) is 5.64. The number of hydrogen-bond acceptors (Lipinski definition) is 8. The van der Waals surface area contributed by atoms with E-state index in [0.717, 1.165) is 11.3 Å². The van der Waals surface area contributed by atoms with Crippen LogP contribution in [0.5, 0.6) is 5.75 Å². The molecule has 0 bridgehead atoms. The first-order valence-electron chi connectivity index (χ1n) is 8.31. The molecule has 0 aliphatic rings. The monoisotopic (exact) mass is 399 g/mol. The Hall–Kier alpha value is -3.39. The second-order valence-corrected chi connectivity index (χ2v) is 6.05. The average Bonchev–Trinajstić information content (AvgIpc) is 2.73. The van der Waals surface area contributed by atoms with E-state index in [1.54, 1.807) is 25.3 Å². The summed E-state index contributed by atoms with van der Waals surface area (Å²) < 4.78 is 10.1. The number of rotatable bonds is 7. The molecule has 9 heteroatoms. The molecule has 0 saturated carbocycles. The predicted molar refractivity (Wildman–Crippen MR) is 106 cm³/mol. The Bertz CT molecular complexity index is 983. The molecule has 1 aromatic heterocycles. The molecule has 3 rings (SSSR count). The molecule has 1 heterocycles. The molecule has 2 N–H and O–H groups in total. The lowest BCUT2D eigenvalue weighted by Crippen LogP contribution is -2.07. The van der Waals surface area contributed by atoms with Crippen molar-refractivity contribution in [3.8, 4) is 5.75 Å². The molecule has 8 nitrogen and oxygen atoms in total. The standard InChI is InChI=1S/C19H18ClN5O3/c1-27-16-6-4-3-5-13(16)10-21-19-24-17(11-22-25-19)23-15-9-12(18(26)28-2)7-8-14(15)20/h3-9,11H,10H2,1-2H3,(H2,21,23,24,25). The highest BCUT2D eigenvalue weighted by Gasteiger charge is 2.10. The molecular formula is C19H18ClN5O3. The van der Waals surface area contributed by atoms with E-state index in [1.807, 2.05) is 24.3 Å². The van der Waals surface area contributed by atoms with Gasteiger partial charge in [0.2, 0.25) is 5.95 Å². The number of nitrogens with one attached hydrogen (secondary N) is 2. The van der Waals surface area contributed by atoms with Gasteiger partial charge in [-0.15, -0.1) is 5.10 Å². The van der Waals surface area contributed by atoms with Crippen LogP contribution in [0.25, 0.3) is 0 Å². The molecule has 0 radical (unpaired) electrons. The fourth-order valence-corrected chi connectivity index (χ4v) is 2.63. The van der Waals surface area contributed by atoms with Gasteiger partial charge in [0.1, 0.15) is 5.75 Å². The highest BCUT2D eigenvalue weighted by atomic mass is 35.5. The van der Waals surface area contributed by atoms with Crippen molar-refractivity contribution in [3.05, 3.63) is 64.8 Å². The normalized spacial score (nSPS) is 10.2. The van der Waals surface area contributed by atoms with Gasteiger partial charge in [-0.3, -0.25) is 0 Å². The summed E-state index contributed by atoms with van der Waals surface area (Å²) in [5, 5.41) is 14.5. The molecule has 0 spiro atoms. The summed E-state index contributed by atoms with van der Waals surface area (Å²) in [4.78, 5) is 16.1. The maximum atomic E-state index is 11.7. The number of ether oxygens (including phenoxy) is 2. The Balaban J connectivity index is 1.74. The zero-order valence-corrected chi connectivity index (χ0v) is 16.0. The number of anilines is 3. The van der Waals surface area contributed by atoms with Crippen LogP contribution in [0, 0.1) is 0 Å². The van der Waals surface area contributed by atoms with Crippen LogP contribution in [0.2, 0.25) is 5.02 Å². The number of esters is 1. The molecular weight excluding hydrogens is 382 g/mol. The largest absolute Gasteiger partial charge is 0.496 e. The smallest absolute Gasteiger partial charge is 0.337 e. The van der Waals surface area contributed by atoms with Gasteiger partial charge in [-0.1, -0.05) is 29.8 Å². The molecule has 0 unspecified atom stereocenters. The number of nitrogens with zero attached hydrogens (tertiary/aromatic N) is 3. The summed E-state index contributed by atoms with van der Waals surface area (Å²) in [5.74, 6) is 1.06. The van der Waals surface area contributed by atoms with Crippen molar-refractivity contribution in [2.75, 3.05) is 24.9 Å². The van der Waals surface area contributed by atoms with Gasteiger partial charge in [-0.25, -0.2) is 4.79 Å². The minimum Gasteiger partial charge on any atom is -0.496 e. The number of aromatic nitrogens is 3. The molecule has 2 aromatic carbocycles. The highest BCUT2D eigenvalue weighted by molar-refractivity contribution is 6.33. The van der Waals surface area contributed by atoms with E-state index >= 15 is 0 Å². The van der Waals surface area contributed by atoms with Crippen LogP contribution < -0.4 is 15.4 Å². The quantitative estimate of drug-likeness (QED) is 0.580. The van der Waals surface area contributed by atoms with E-state index in [2.05, 4.69) is 25.8 Å². The average molecular weight is 400 g/mol. The molecule has 144 valence electrons. The first kappa shape index (κ1) is 19.4. The first-order valence-corrected chi connectivity index (χ1v) is 8.69. The van der Waals surface area contributed by atoms with Crippen molar-refractivity contribution in [2.45, 2.75) is 6.54 Å². The van der Waals surface area contributed by atoms with Crippen molar-refractivity contribution < 1.29 is 14.3 Å². The summed E-state index contributed by atoms with van der Waals surface area (Å²) in [6, 6.07) is 12.4. The van der Waals surface area contributed by atoms with E-state index in [1.165, 1.54) is 13.3 Å². The van der Waals surface area contributed by atoms with Crippen molar-refractivity contribution in [3.63, 3.8) is 0 Å². The van der Waals surface area contributed by atoms with Gasteiger partial charge in [0.25, 0.3) is 0 Å². The minimum absolute atomic E-state index is 0.330. The van der Waals surface area contributed by atoms with E-state index < -0.39 is 5.97 Å². The Kier molecular flexibility index (Phi) is 6.23. The molecule has 3 aromatic rings. The third-order valence-electron chi connectivity index (χ3n) is 3.84. The highest BCUT2D eigenvalue weighted by Crippen LogP contribution is 2.26. The zero-order valence-electron chi connectivity index (χ0n) is 15.3. The van der Waals surface area contributed by atoms with Crippen LogP contribution in [-0.4, -0.2) is 35.4 Å². The van der Waals surface area contributed by atoms with E-state index in [4.69, 9.17) is 21.1 Å². The zero-order chi connectivity index (χ0) is 19.9. The summed E-state index contributed by atoms with van der Waals surface area (Å²) >= 11 is 6.20. The third-order valence-corrected chi connectivity index (χ3v) is 4.17. The maximum Gasteiger partial charge on any atom is 0.337 e. The van der Waals surface area contributed by atoms with Crippen LogP contribution in [0.1, 0.15) is 15.9 Å². The van der Waals surface area contributed by atoms with Gasteiger partial charge >= 0.3 is 5.97 Å². The predicted octanol–water partition coefficient (Wildman–Crippen LogP) is 3.68. The number of benzene rings is 2. The van der Waals surface area contributed by atoms with Crippen molar-refractivity contribution >= 4 is 35.0 Å². The first-order chi connectivity index (χ1) is 13.6. The van der Waals surface area contributed by atoms with E-state index in [9.17, 15) is 4.79 Å². The molecule has 0 fully saturated rings. The van der Waals surface area contributed by atoms with Gasteiger partial charge < -0.3 is 20.1 Å². The number of hydrogen-bond donors (Lipinski definition) is 2. The van der Waals surface area contributed by atoms with E-state index in [-0.39, 0.29) is 0 Å². The van der Waals surface area contributed by atoms with Crippen LogP contribution in [0.4, 0.5) is 17.5 Å². The van der Waals surface area contributed by atoms with Crippen molar-refractivity contribution in [1.29, 1.82) is 0 Å². The topological polar surface area (TPSA) is 98.3 Å². The van der Waals surface area contributed by atoms with Crippen LogP contribution in [0.3, 0.4) is 0 Å². The molecule has 0 atom stereocenters. The summed E-state index contributed by atoms with van der Waals surface area (Å²) in [6.07, 6.45) is 1.45. The molecule has 0 aliphatic carbocycles. The minimum atomic E-state index is -0.459. The van der Waals surface area contributed by atoms with Gasteiger partial charge in [-0.2, -0.15) is 10.1 Å². The Morgan fingerprint density at radius 3 is 2.79 bits per heavy atom. The number of para-hydroxylation sites is 1. The maximum absolute atomic E-state index is 11.7. The van der Waals surface area contributed by atoms with Crippen molar-refractivity contribution in [2.24, 2.45) is 0 Å². The fraction of sp³-hybridized carbons (Fsp3) is 0.158. The van der Waals surface area contributed by atoms with Gasteiger partial charge in [0, 0.05) is 12.1 Å². The lowest BCUT2D eigenvalue weighted by atomic mass is 10.2. The molecule has 0 aliphatic heterocycles. The third kappa shape index (κ3) is 4.66. The molecule has 0 amide bonds. The molecule has 28 heavy (non-hydrogen) atoms. The lowest BCUT2D eigenvalue weighted by molar-refractivity contribution is 0.0601. The summed E-state index contributed by atoms with van der Waals surface area (Å²) in [5.41, 5.74) is 1.83. The Labute approximate surface area is 166 Å². The lowest BCUT2D eigenvalue weighted by Gasteiger charge is -2.11.